The van der Waals surface area contributed by atoms with Crippen LogP contribution in [0.15, 0.2) is 41.4 Å². The van der Waals surface area contributed by atoms with Gasteiger partial charge < -0.3 is 0 Å². The van der Waals surface area contributed by atoms with Crippen molar-refractivity contribution in [1.29, 1.82) is 0 Å². The van der Waals surface area contributed by atoms with Crippen LogP contribution in [0.3, 0.4) is 0 Å². The molecular formula is C17H12Cl4N2OS. The number of benzene rings is 2. The van der Waals surface area contributed by atoms with Crippen molar-refractivity contribution >= 4 is 69.2 Å². The molecule has 0 spiro atoms. The lowest BCUT2D eigenvalue weighted by Gasteiger charge is -2.18. The van der Waals surface area contributed by atoms with Gasteiger partial charge in [0.2, 0.25) is 0 Å². The molecule has 25 heavy (non-hydrogen) atoms. The van der Waals surface area contributed by atoms with E-state index in [1.165, 1.54) is 11.8 Å². The first-order chi connectivity index (χ1) is 12.0. The van der Waals surface area contributed by atoms with Gasteiger partial charge in [0.05, 0.1) is 17.1 Å². The Morgan fingerprint density at radius 3 is 2.40 bits per heavy atom. The summed E-state index contributed by atoms with van der Waals surface area (Å²) in [6.07, 6.45) is 0. The molecule has 0 aliphatic carbocycles. The minimum Gasteiger partial charge on any atom is -0.286 e. The molecule has 1 amide bonds. The van der Waals surface area contributed by atoms with Crippen LogP contribution in [-0.4, -0.2) is 29.1 Å². The Kier molecular flexibility index (Phi) is 6.18. The smallest absolute Gasteiger partial charge is 0.261 e. The molecule has 130 valence electrons. The number of hydrogen-bond acceptors (Lipinski definition) is 3. The third-order valence-electron chi connectivity index (χ3n) is 3.58. The Hall–Kier alpha value is -0.910. The van der Waals surface area contributed by atoms with Crippen molar-refractivity contribution in [2.24, 2.45) is 4.99 Å². The fourth-order valence-corrected chi connectivity index (χ4v) is 4.42. The van der Waals surface area contributed by atoms with E-state index in [0.29, 0.717) is 49.7 Å². The number of thioether (sulfide) groups is 1. The van der Waals surface area contributed by atoms with E-state index in [9.17, 15) is 4.79 Å². The molecule has 8 heteroatoms. The minimum absolute atomic E-state index is 0.187. The van der Waals surface area contributed by atoms with Gasteiger partial charge in [-0.3, -0.25) is 14.7 Å². The van der Waals surface area contributed by atoms with Crippen molar-refractivity contribution in [3.05, 3.63) is 67.6 Å². The van der Waals surface area contributed by atoms with Crippen LogP contribution in [0.1, 0.15) is 15.9 Å². The summed E-state index contributed by atoms with van der Waals surface area (Å²) in [5.74, 6) is 0.403. The van der Waals surface area contributed by atoms with Crippen LogP contribution >= 0.6 is 58.2 Å². The Morgan fingerprint density at radius 2 is 1.72 bits per heavy atom. The van der Waals surface area contributed by atoms with E-state index in [2.05, 4.69) is 4.99 Å². The van der Waals surface area contributed by atoms with Crippen molar-refractivity contribution in [2.75, 3.05) is 13.1 Å². The lowest BCUT2D eigenvalue weighted by atomic mass is 10.2. The second kappa shape index (κ2) is 8.19. The third kappa shape index (κ3) is 4.44. The summed E-state index contributed by atoms with van der Waals surface area (Å²) in [6, 6.07) is 10.2. The first-order valence-corrected chi connectivity index (χ1v) is 9.83. The molecule has 3 nitrogen and oxygen atoms in total. The van der Waals surface area contributed by atoms with E-state index in [1.807, 2.05) is 6.07 Å². The fourth-order valence-electron chi connectivity index (χ4n) is 2.33. The summed E-state index contributed by atoms with van der Waals surface area (Å²) in [5, 5.41) is 2.66. The average Bonchev–Trinajstić information content (AvgIpc) is 3.02. The predicted molar refractivity (Wildman–Crippen MR) is 108 cm³/mol. The van der Waals surface area contributed by atoms with Crippen molar-refractivity contribution in [2.45, 2.75) is 5.75 Å². The van der Waals surface area contributed by atoms with Crippen LogP contribution < -0.4 is 0 Å². The summed E-state index contributed by atoms with van der Waals surface area (Å²) in [7, 11) is 0. The molecule has 0 saturated carbocycles. The summed E-state index contributed by atoms with van der Waals surface area (Å²) >= 11 is 25.6. The minimum atomic E-state index is -0.187. The van der Waals surface area contributed by atoms with Crippen LogP contribution in [-0.2, 0) is 5.75 Å². The summed E-state index contributed by atoms with van der Waals surface area (Å²) in [6.45, 7) is 1.09. The summed E-state index contributed by atoms with van der Waals surface area (Å²) in [4.78, 5) is 18.8. The topological polar surface area (TPSA) is 32.7 Å². The maximum Gasteiger partial charge on any atom is 0.261 e. The van der Waals surface area contributed by atoms with Gasteiger partial charge in [0, 0.05) is 27.4 Å². The van der Waals surface area contributed by atoms with Crippen molar-refractivity contribution in [3.63, 3.8) is 0 Å². The van der Waals surface area contributed by atoms with Crippen LogP contribution in [0.25, 0.3) is 0 Å². The molecule has 0 N–H and O–H groups in total. The molecule has 1 aliphatic heterocycles. The number of amides is 1. The number of halogens is 4. The number of nitrogens with zero attached hydrogens (tertiary/aromatic N) is 2. The molecule has 3 rings (SSSR count). The van der Waals surface area contributed by atoms with Crippen molar-refractivity contribution in [3.8, 4) is 0 Å². The highest BCUT2D eigenvalue weighted by Gasteiger charge is 2.26. The van der Waals surface area contributed by atoms with Gasteiger partial charge in [-0.2, -0.15) is 0 Å². The number of carbonyl (C=O) groups is 1. The number of hydrogen-bond donors (Lipinski definition) is 0. The average molecular weight is 434 g/mol. The quantitative estimate of drug-likeness (QED) is 0.590. The van der Waals surface area contributed by atoms with Crippen molar-refractivity contribution < 1.29 is 4.79 Å². The molecule has 0 radical (unpaired) electrons. The largest absolute Gasteiger partial charge is 0.286 e. The zero-order valence-electron chi connectivity index (χ0n) is 12.8. The van der Waals surface area contributed by atoms with Gasteiger partial charge in [-0.05, 0) is 35.9 Å². The van der Waals surface area contributed by atoms with Gasteiger partial charge in [-0.1, -0.05) is 64.2 Å². The second-order valence-electron chi connectivity index (χ2n) is 5.27. The Balaban J connectivity index is 1.73. The number of carbonyl (C=O) groups excluding carboxylic acids is 1. The van der Waals surface area contributed by atoms with Gasteiger partial charge in [0.25, 0.3) is 5.91 Å². The molecule has 1 heterocycles. The molecular weight excluding hydrogens is 422 g/mol. The molecule has 0 unspecified atom stereocenters. The normalized spacial score (nSPS) is 13.9. The lowest BCUT2D eigenvalue weighted by Crippen LogP contribution is -2.33. The van der Waals surface area contributed by atoms with Crippen molar-refractivity contribution in [1.82, 2.24) is 4.90 Å². The number of rotatable bonds is 3. The fraction of sp³-hybridized carbons (Fsp3) is 0.176. The van der Waals surface area contributed by atoms with Crippen LogP contribution in [0.4, 0.5) is 0 Å². The third-order valence-corrected chi connectivity index (χ3v) is 5.78. The Morgan fingerprint density at radius 1 is 1.04 bits per heavy atom. The molecule has 1 aliphatic rings. The van der Waals surface area contributed by atoms with E-state index in [0.717, 1.165) is 5.56 Å². The van der Waals surface area contributed by atoms with Gasteiger partial charge >= 0.3 is 0 Å². The van der Waals surface area contributed by atoms with Crippen LogP contribution in [0.2, 0.25) is 20.1 Å². The van der Waals surface area contributed by atoms with Gasteiger partial charge in [0.1, 0.15) is 0 Å². The van der Waals surface area contributed by atoms with E-state index in [4.69, 9.17) is 46.4 Å². The maximum atomic E-state index is 12.8. The molecule has 2 aromatic carbocycles. The van der Waals surface area contributed by atoms with E-state index in [1.54, 1.807) is 35.2 Å². The highest BCUT2D eigenvalue weighted by atomic mass is 35.5. The van der Waals surface area contributed by atoms with Crippen LogP contribution in [0.5, 0.6) is 0 Å². The van der Waals surface area contributed by atoms with Crippen LogP contribution in [0, 0.1) is 0 Å². The predicted octanol–water partition coefficient (Wildman–Crippen LogP) is 6.05. The summed E-state index contributed by atoms with van der Waals surface area (Å²) in [5.41, 5.74) is 1.34. The number of amidine groups is 1. The molecule has 0 saturated heterocycles. The van der Waals surface area contributed by atoms with Gasteiger partial charge in [-0.15, -0.1) is 0 Å². The first kappa shape index (κ1) is 18.9. The number of aliphatic imine (C=N–C) groups is 1. The summed E-state index contributed by atoms with van der Waals surface area (Å²) < 4.78 is 0. The first-order valence-electron chi connectivity index (χ1n) is 7.34. The molecule has 0 bridgehead atoms. The molecule has 0 aromatic heterocycles. The lowest BCUT2D eigenvalue weighted by molar-refractivity contribution is 0.0861. The molecule has 0 atom stereocenters. The highest BCUT2D eigenvalue weighted by Crippen LogP contribution is 2.29. The zero-order valence-corrected chi connectivity index (χ0v) is 16.6. The maximum absolute atomic E-state index is 12.8. The van der Waals surface area contributed by atoms with E-state index >= 15 is 0 Å². The molecule has 0 fully saturated rings. The second-order valence-corrected chi connectivity index (χ2v) is 7.90. The van der Waals surface area contributed by atoms with Gasteiger partial charge in [-0.25, -0.2) is 0 Å². The Labute approximate surface area is 169 Å². The SMILES string of the molecule is O=C(c1ccc(Cl)cc1Cl)N1CCN=C1SCc1ccc(Cl)cc1Cl. The van der Waals surface area contributed by atoms with Gasteiger partial charge in [0.15, 0.2) is 5.17 Å². The Bertz CT molecular complexity index is 857. The highest BCUT2D eigenvalue weighted by molar-refractivity contribution is 8.13. The van der Waals surface area contributed by atoms with E-state index in [-0.39, 0.29) is 5.91 Å². The molecule has 2 aromatic rings. The zero-order chi connectivity index (χ0) is 18.0. The monoisotopic (exact) mass is 432 g/mol. The standard InChI is InChI=1S/C17H12Cl4N2OS/c18-11-2-1-10(14(20)7-11)9-25-17-22-5-6-23(17)16(24)13-4-3-12(19)8-15(13)21/h1-4,7-8H,5-6,9H2. The van der Waals surface area contributed by atoms with E-state index < -0.39 is 0 Å².